The summed E-state index contributed by atoms with van der Waals surface area (Å²) in [5.41, 5.74) is 3.39. The van der Waals surface area contributed by atoms with Crippen molar-refractivity contribution >= 4 is 17.7 Å². The SMILES string of the molecule is CCNC(=NCCc1c(C)noc1C)N(C)Cc1ccc(SC)cc1. The van der Waals surface area contributed by atoms with Gasteiger partial charge in [-0.2, -0.15) is 0 Å². The molecule has 1 aromatic heterocycles. The van der Waals surface area contributed by atoms with E-state index < -0.39 is 0 Å². The maximum atomic E-state index is 5.22. The molecule has 1 aromatic carbocycles. The molecule has 6 heteroatoms. The molecular weight excluding hydrogens is 332 g/mol. The van der Waals surface area contributed by atoms with Crippen molar-refractivity contribution in [3.05, 3.63) is 46.8 Å². The molecule has 0 unspecified atom stereocenters. The average molecular weight is 361 g/mol. The Bertz CT molecular complexity index is 674. The Kier molecular flexibility index (Phi) is 7.37. The summed E-state index contributed by atoms with van der Waals surface area (Å²) in [5.74, 6) is 1.81. The largest absolute Gasteiger partial charge is 0.361 e. The molecule has 136 valence electrons. The van der Waals surface area contributed by atoms with Gasteiger partial charge in [0.15, 0.2) is 5.96 Å². The number of rotatable bonds is 7. The first-order valence-electron chi connectivity index (χ1n) is 8.59. The molecule has 0 amide bonds. The fraction of sp³-hybridized carbons (Fsp3) is 0.474. The number of nitrogens with one attached hydrogen (secondary N) is 1. The van der Waals surface area contributed by atoms with Gasteiger partial charge in [-0.15, -0.1) is 11.8 Å². The third-order valence-electron chi connectivity index (χ3n) is 4.08. The van der Waals surface area contributed by atoms with Crippen molar-refractivity contribution in [1.82, 2.24) is 15.4 Å². The maximum absolute atomic E-state index is 5.22. The van der Waals surface area contributed by atoms with Crippen molar-refractivity contribution in [3.63, 3.8) is 0 Å². The van der Waals surface area contributed by atoms with E-state index in [0.717, 1.165) is 42.5 Å². The second-order valence-corrected chi connectivity index (χ2v) is 6.87. The zero-order valence-corrected chi connectivity index (χ0v) is 16.6. The van der Waals surface area contributed by atoms with Gasteiger partial charge < -0.3 is 14.7 Å². The number of hydrogen-bond acceptors (Lipinski definition) is 4. The van der Waals surface area contributed by atoms with Gasteiger partial charge in [-0.1, -0.05) is 17.3 Å². The van der Waals surface area contributed by atoms with Crippen LogP contribution in [0.4, 0.5) is 0 Å². The minimum absolute atomic E-state index is 0.709. The number of benzene rings is 1. The van der Waals surface area contributed by atoms with Crippen molar-refractivity contribution < 1.29 is 4.52 Å². The Hall–Kier alpha value is -1.95. The summed E-state index contributed by atoms with van der Waals surface area (Å²) >= 11 is 1.76. The molecule has 2 rings (SSSR count). The topological polar surface area (TPSA) is 53.7 Å². The molecule has 25 heavy (non-hydrogen) atoms. The van der Waals surface area contributed by atoms with Crippen LogP contribution in [0.1, 0.15) is 29.5 Å². The molecule has 0 bridgehead atoms. The first-order valence-corrected chi connectivity index (χ1v) is 9.81. The lowest BCUT2D eigenvalue weighted by molar-refractivity contribution is 0.392. The van der Waals surface area contributed by atoms with Crippen molar-refractivity contribution in [2.75, 3.05) is 26.4 Å². The van der Waals surface area contributed by atoms with E-state index in [-0.39, 0.29) is 0 Å². The molecule has 0 aliphatic heterocycles. The Morgan fingerprint density at radius 2 is 2.00 bits per heavy atom. The first-order chi connectivity index (χ1) is 12.0. The highest BCUT2D eigenvalue weighted by Gasteiger charge is 2.10. The fourth-order valence-corrected chi connectivity index (χ4v) is 3.09. The van der Waals surface area contributed by atoms with Crippen LogP contribution in [-0.2, 0) is 13.0 Å². The highest BCUT2D eigenvalue weighted by Crippen LogP contribution is 2.16. The number of hydrogen-bond donors (Lipinski definition) is 1. The Balaban J connectivity index is 1.99. The third kappa shape index (κ3) is 5.53. The Morgan fingerprint density at radius 1 is 1.28 bits per heavy atom. The summed E-state index contributed by atoms with van der Waals surface area (Å²) in [7, 11) is 2.07. The Labute approximate surface area is 154 Å². The van der Waals surface area contributed by atoms with Gasteiger partial charge in [0.05, 0.1) is 5.69 Å². The lowest BCUT2D eigenvalue weighted by Gasteiger charge is -2.22. The number of aliphatic imine (C=N–C) groups is 1. The number of aryl methyl sites for hydroxylation is 2. The monoisotopic (exact) mass is 360 g/mol. The molecule has 1 N–H and O–H groups in total. The minimum Gasteiger partial charge on any atom is -0.361 e. The highest BCUT2D eigenvalue weighted by molar-refractivity contribution is 7.98. The molecule has 0 spiro atoms. The lowest BCUT2D eigenvalue weighted by Crippen LogP contribution is -2.38. The molecule has 0 atom stereocenters. The van der Waals surface area contributed by atoms with Gasteiger partial charge in [-0.05, 0) is 51.1 Å². The highest BCUT2D eigenvalue weighted by atomic mass is 32.2. The van der Waals surface area contributed by atoms with Gasteiger partial charge >= 0.3 is 0 Å². The smallest absolute Gasteiger partial charge is 0.193 e. The third-order valence-corrected chi connectivity index (χ3v) is 4.82. The summed E-state index contributed by atoms with van der Waals surface area (Å²) in [6, 6.07) is 8.68. The van der Waals surface area contributed by atoms with Crippen molar-refractivity contribution in [2.45, 2.75) is 38.6 Å². The van der Waals surface area contributed by atoms with E-state index in [1.54, 1.807) is 11.8 Å². The zero-order chi connectivity index (χ0) is 18.2. The predicted octanol–water partition coefficient (Wildman–Crippen LogP) is 3.65. The maximum Gasteiger partial charge on any atom is 0.193 e. The van der Waals surface area contributed by atoms with Crippen LogP contribution in [0.15, 0.2) is 38.7 Å². The van der Waals surface area contributed by atoms with E-state index in [0.29, 0.717) is 6.54 Å². The quantitative estimate of drug-likeness (QED) is 0.464. The fourth-order valence-electron chi connectivity index (χ4n) is 2.68. The first kappa shape index (κ1) is 19.4. The van der Waals surface area contributed by atoms with E-state index in [9.17, 15) is 0 Å². The van der Waals surface area contributed by atoms with Crippen LogP contribution in [0.25, 0.3) is 0 Å². The number of thioether (sulfide) groups is 1. The molecule has 0 saturated carbocycles. The molecule has 0 saturated heterocycles. The van der Waals surface area contributed by atoms with Crippen LogP contribution in [0.2, 0.25) is 0 Å². The average Bonchev–Trinajstić information content (AvgIpc) is 2.93. The van der Waals surface area contributed by atoms with Gasteiger partial charge in [0, 0.05) is 37.1 Å². The van der Waals surface area contributed by atoms with Gasteiger partial charge in [-0.3, -0.25) is 4.99 Å². The van der Waals surface area contributed by atoms with Gasteiger partial charge in [0.2, 0.25) is 0 Å². The van der Waals surface area contributed by atoms with Gasteiger partial charge in [-0.25, -0.2) is 0 Å². The van der Waals surface area contributed by atoms with Crippen LogP contribution in [0.3, 0.4) is 0 Å². The second kappa shape index (κ2) is 9.51. The van der Waals surface area contributed by atoms with Crippen molar-refractivity contribution in [1.29, 1.82) is 0 Å². The number of aromatic nitrogens is 1. The van der Waals surface area contributed by atoms with Crippen molar-refractivity contribution in [3.8, 4) is 0 Å². The summed E-state index contributed by atoms with van der Waals surface area (Å²) in [4.78, 5) is 8.20. The van der Waals surface area contributed by atoms with Crippen LogP contribution in [0, 0.1) is 13.8 Å². The molecule has 0 aliphatic carbocycles. The predicted molar refractivity (Wildman–Crippen MR) is 105 cm³/mol. The van der Waals surface area contributed by atoms with E-state index >= 15 is 0 Å². The molecule has 5 nitrogen and oxygen atoms in total. The molecule has 1 heterocycles. The van der Waals surface area contributed by atoms with Crippen LogP contribution in [0.5, 0.6) is 0 Å². The van der Waals surface area contributed by atoms with Crippen LogP contribution >= 0.6 is 11.8 Å². The zero-order valence-electron chi connectivity index (χ0n) is 15.8. The van der Waals surface area contributed by atoms with Crippen molar-refractivity contribution in [2.24, 2.45) is 4.99 Å². The summed E-state index contributed by atoms with van der Waals surface area (Å²) in [6.07, 6.45) is 2.93. The lowest BCUT2D eigenvalue weighted by atomic mass is 10.1. The molecule has 0 fully saturated rings. The summed E-state index contributed by atoms with van der Waals surface area (Å²) in [5, 5.41) is 7.37. The van der Waals surface area contributed by atoms with E-state index in [1.165, 1.54) is 10.5 Å². The summed E-state index contributed by atoms with van der Waals surface area (Å²) in [6.45, 7) is 8.40. The molecular formula is C19H28N4OS. The molecule has 0 radical (unpaired) electrons. The molecule has 0 aliphatic rings. The van der Waals surface area contributed by atoms with E-state index in [1.807, 2.05) is 13.8 Å². The Morgan fingerprint density at radius 3 is 2.56 bits per heavy atom. The summed E-state index contributed by atoms with van der Waals surface area (Å²) < 4.78 is 5.22. The second-order valence-electron chi connectivity index (χ2n) is 5.99. The minimum atomic E-state index is 0.709. The van der Waals surface area contributed by atoms with Gasteiger partial charge in [0.1, 0.15) is 5.76 Å². The van der Waals surface area contributed by atoms with Crippen LogP contribution in [-0.4, -0.2) is 42.4 Å². The number of nitrogens with zero attached hydrogens (tertiary/aromatic N) is 3. The number of guanidine groups is 1. The van der Waals surface area contributed by atoms with Crippen LogP contribution < -0.4 is 5.32 Å². The molecule has 2 aromatic rings. The normalized spacial score (nSPS) is 11.6. The van der Waals surface area contributed by atoms with E-state index in [4.69, 9.17) is 9.52 Å². The van der Waals surface area contributed by atoms with Gasteiger partial charge in [0.25, 0.3) is 0 Å². The van der Waals surface area contributed by atoms with E-state index in [2.05, 4.69) is 59.9 Å². The standard InChI is InChI=1S/C19H28N4OS/c1-6-20-19(21-12-11-18-14(2)22-24-15(18)3)23(4)13-16-7-9-17(25-5)10-8-16/h7-10H,6,11-13H2,1-5H3,(H,20,21).